The zero-order valence-electron chi connectivity index (χ0n) is 19.4. The second-order valence-corrected chi connectivity index (χ2v) is 10.9. The van der Waals surface area contributed by atoms with Crippen molar-refractivity contribution < 1.29 is 14.1 Å². The second kappa shape index (κ2) is 9.28. The van der Waals surface area contributed by atoms with Crippen molar-refractivity contribution in [2.75, 3.05) is 5.32 Å². The molecular formula is C25H29BrN7O2+. The van der Waals surface area contributed by atoms with E-state index in [1.165, 1.54) is 6.42 Å². The van der Waals surface area contributed by atoms with E-state index in [2.05, 4.69) is 41.5 Å². The van der Waals surface area contributed by atoms with E-state index in [4.69, 9.17) is 9.68 Å². The van der Waals surface area contributed by atoms with Crippen molar-refractivity contribution in [2.24, 2.45) is 5.92 Å². The number of nitrogens with zero attached hydrogens (tertiary/aromatic N) is 3. The lowest BCUT2D eigenvalue weighted by Gasteiger charge is -2.35. The van der Waals surface area contributed by atoms with Gasteiger partial charge in [-0.05, 0) is 28.8 Å². The van der Waals surface area contributed by atoms with E-state index in [-0.39, 0.29) is 17.6 Å². The molecule has 2 saturated heterocycles. The first kappa shape index (κ1) is 22.6. The van der Waals surface area contributed by atoms with Crippen LogP contribution in [0.4, 0.5) is 5.82 Å². The highest BCUT2D eigenvalue weighted by Crippen LogP contribution is 2.35. The average Bonchev–Trinajstić information content (AvgIpc) is 3.68. The monoisotopic (exact) mass is 538 g/mol. The van der Waals surface area contributed by atoms with E-state index in [0.717, 1.165) is 60.0 Å². The van der Waals surface area contributed by atoms with E-state index in [1.807, 2.05) is 6.07 Å². The predicted molar refractivity (Wildman–Crippen MR) is 132 cm³/mol. The molecule has 4 unspecified atom stereocenters. The third kappa shape index (κ3) is 4.21. The Morgan fingerprint density at radius 2 is 2.06 bits per heavy atom. The number of halogens is 1. The van der Waals surface area contributed by atoms with Crippen LogP contribution < -0.4 is 15.5 Å². The highest BCUT2D eigenvalue weighted by molar-refractivity contribution is 9.10. The number of fused-ring (bicyclic) bond motifs is 3. The Hall–Kier alpha value is -2.90. The van der Waals surface area contributed by atoms with Crippen molar-refractivity contribution >= 4 is 38.6 Å². The number of hydrogen-bond donors (Lipinski definition) is 4. The average molecular weight is 539 g/mol. The van der Waals surface area contributed by atoms with Gasteiger partial charge in [0, 0.05) is 62.0 Å². The Morgan fingerprint density at radius 1 is 1.23 bits per heavy atom. The maximum Gasteiger partial charge on any atom is 0.229 e. The van der Waals surface area contributed by atoms with Crippen LogP contribution in [0.2, 0.25) is 0 Å². The van der Waals surface area contributed by atoms with Crippen molar-refractivity contribution in [1.29, 1.82) is 5.26 Å². The number of quaternary nitrogens is 1. The Labute approximate surface area is 211 Å². The maximum atomic E-state index is 12.9. The number of imidazole rings is 1. The van der Waals surface area contributed by atoms with Crippen molar-refractivity contribution in [3.8, 4) is 6.07 Å². The standard InChI is InChI=1S/C25H28BrN7O2/c26-23-19-10-17(11-27)35-21(19)12-30-24(23)32-14-1-3-15(4-2-14)33-16-5-6-20(33)18(9-16)25(34)31-13-22-28-7-8-29-22/h7-8,10,12,14-16,18,20H,1-6,9,13H2,(H,28,29)(H,30,32)(H,31,34)/p+1. The smallest absolute Gasteiger partial charge is 0.229 e. The van der Waals surface area contributed by atoms with Gasteiger partial charge in [-0.25, -0.2) is 9.97 Å². The van der Waals surface area contributed by atoms with Crippen LogP contribution in [-0.4, -0.2) is 45.0 Å². The topological polar surface area (TPSA) is 124 Å². The van der Waals surface area contributed by atoms with Crippen molar-refractivity contribution in [3.05, 3.63) is 40.7 Å². The van der Waals surface area contributed by atoms with E-state index in [1.54, 1.807) is 29.6 Å². The van der Waals surface area contributed by atoms with Crippen LogP contribution >= 0.6 is 15.9 Å². The largest absolute Gasteiger partial charge is 0.444 e. The summed E-state index contributed by atoms with van der Waals surface area (Å²) >= 11 is 3.64. The minimum absolute atomic E-state index is 0.120. The minimum Gasteiger partial charge on any atom is -0.444 e. The van der Waals surface area contributed by atoms with Gasteiger partial charge in [0.1, 0.15) is 23.8 Å². The predicted octanol–water partition coefficient (Wildman–Crippen LogP) is 2.66. The lowest BCUT2D eigenvalue weighted by molar-refractivity contribution is -0.949. The highest BCUT2D eigenvalue weighted by atomic mass is 79.9. The quantitative estimate of drug-likeness (QED) is 0.382. The van der Waals surface area contributed by atoms with Gasteiger partial charge in [0.05, 0.1) is 35.2 Å². The zero-order chi connectivity index (χ0) is 23.9. The number of H-pyrrole nitrogens is 1. The molecule has 35 heavy (non-hydrogen) atoms. The minimum atomic E-state index is 0.120. The fourth-order valence-electron chi connectivity index (χ4n) is 6.70. The van der Waals surface area contributed by atoms with Crippen LogP contribution in [0.1, 0.15) is 56.5 Å². The highest BCUT2D eigenvalue weighted by Gasteiger charge is 2.55. The summed E-state index contributed by atoms with van der Waals surface area (Å²) in [5, 5.41) is 16.7. The number of aromatic amines is 1. The molecule has 1 aliphatic carbocycles. The van der Waals surface area contributed by atoms with Gasteiger partial charge < -0.3 is 24.9 Å². The number of amides is 1. The molecule has 2 aliphatic heterocycles. The molecule has 3 fully saturated rings. The molecule has 3 aromatic heterocycles. The zero-order valence-corrected chi connectivity index (χ0v) is 21.0. The Bertz CT molecular complexity index is 1260. The number of rotatable bonds is 6. The lowest BCUT2D eigenvalue weighted by Crippen LogP contribution is -3.18. The van der Waals surface area contributed by atoms with Gasteiger partial charge in [-0.2, -0.15) is 5.26 Å². The van der Waals surface area contributed by atoms with E-state index in [0.29, 0.717) is 36.3 Å². The summed E-state index contributed by atoms with van der Waals surface area (Å²) < 4.78 is 6.32. The summed E-state index contributed by atoms with van der Waals surface area (Å²) in [6, 6.07) is 5.84. The maximum absolute atomic E-state index is 12.9. The molecule has 0 radical (unpaired) electrons. The summed E-state index contributed by atoms with van der Waals surface area (Å²) in [6.07, 6.45) is 13.1. The van der Waals surface area contributed by atoms with Crippen LogP contribution in [0, 0.1) is 17.2 Å². The van der Waals surface area contributed by atoms with Gasteiger partial charge in [-0.3, -0.25) is 4.79 Å². The molecule has 9 nitrogen and oxygen atoms in total. The number of pyridine rings is 1. The summed E-state index contributed by atoms with van der Waals surface area (Å²) in [5.41, 5.74) is 0.610. The summed E-state index contributed by atoms with van der Waals surface area (Å²) in [5.74, 6) is 2.20. The number of anilines is 1. The third-order valence-corrected chi connectivity index (χ3v) is 9.04. The molecule has 0 spiro atoms. The van der Waals surface area contributed by atoms with Crippen molar-refractivity contribution in [2.45, 2.75) is 75.7 Å². The first-order chi connectivity index (χ1) is 17.1. The van der Waals surface area contributed by atoms with Gasteiger partial charge in [-0.1, -0.05) is 0 Å². The van der Waals surface area contributed by atoms with Gasteiger partial charge in [-0.15, -0.1) is 0 Å². The van der Waals surface area contributed by atoms with Gasteiger partial charge in [0.2, 0.25) is 11.7 Å². The number of nitrogens with one attached hydrogen (secondary N) is 4. The first-order valence-corrected chi connectivity index (χ1v) is 13.3. The Morgan fingerprint density at radius 3 is 2.83 bits per heavy atom. The van der Waals surface area contributed by atoms with Crippen LogP contribution in [0.15, 0.2) is 33.5 Å². The molecule has 3 aliphatic rings. The molecular weight excluding hydrogens is 510 g/mol. The number of aromatic nitrogens is 3. The normalized spacial score (nSPS) is 29.8. The van der Waals surface area contributed by atoms with Crippen molar-refractivity contribution in [3.63, 3.8) is 0 Å². The fourth-order valence-corrected chi connectivity index (χ4v) is 7.22. The summed E-state index contributed by atoms with van der Waals surface area (Å²) in [6.45, 7) is 0.470. The Balaban J connectivity index is 1.05. The SMILES string of the molecule is N#Cc1cc2c(Br)c(NC3CCC([NH+]4C5CCC4C(C(=O)NCc4ncc[nH]4)C5)CC3)ncc2o1. The van der Waals surface area contributed by atoms with Crippen LogP contribution in [0.5, 0.6) is 0 Å². The first-order valence-electron chi connectivity index (χ1n) is 12.5. The molecule has 10 heteroatoms. The van der Waals surface area contributed by atoms with Crippen LogP contribution in [0.3, 0.4) is 0 Å². The molecule has 2 bridgehead atoms. The summed E-state index contributed by atoms with van der Waals surface area (Å²) in [7, 11) is 0. The molecule has 1 saturated carbocycles. The van der Waals surface area contributed by atoms with E-state index >= 15 is 0 Å². The number of carbonyl (C=O) groups excluding carboxylic acids is 1. The number of nitriles is 1. The number of furan rings is 1. The molecule has 3 aromatic rings. The summed E-state index contributed by atoms with van der Waals surface area (Å²) in [4.78, 5) is 26.4. The molecule has 0 aromatic carbocycles. The van der Waals surface area contributed by atoms with Gasteiger partial charge in [0.25, 0.3) is 0 Å². The molecule has 6 rings (SSSR count). The van der Waals surface area contributed by atoms with Crippen LogP contribution in [0.25, 0.3) is 11.0 Å². The molecule has 182 valence electrons. The van der Waals surface area contributed by atoms with Gasteiger partial charge >= 0.3 is 0 Å². The number of carbonyl (C=O) groups is 1. The molecule has 4 atom stereocenters. The van der Waals surface area contributed by atoms with Crippen molar-refractivity contribution in [1.82, 2.24) is 20.3 Å². The molecule has 1 amide bonds. The second-order valence-electron chi connectivity index (χ2n) is 10.1. The molecule has 4 N–H and O–H groups in total. The van der Waals surface area contributed by atoms with Gasteiger partial charge in [0.15, 0.2) is 5.58 Å². The number of hydrogen-bond acceptors (Lipinski definition) is 6. The lowest BCUT2D eigenvalue weighted by atomic mass is 9.88. The Kier molecular flexibility index (Phi) is 5.98. The third-order valence-electron chi connectivity index (χ3n) is 8.24. The van der Waals surface area contributed by atoms with Crippen LogP contribution in [-0.2, 0) is 11.3 Å². The van der Waals surface area contributed by atoms with E-state index < -0.39 is 0 Å². The fraction of sp³-hybridized carbons (Fsp3) is 0.520. The molecule has 5 heterocycles. The van der Waals surface area contributed by atoms with E-state index in [9.17, 15) is 4.79 Å².